The molecule has 56 valence electrons. The standard InChI is InChI=1S/C7H15BrO/c1-4-7(2,5-8)6-9-3/h4-6H2,1-3H3/t7-/m1/s1. The van der Waals surface area contributed by atoms with Gasteiger partial charge in [-0.2, -0.15) is 0 Å². The van der Waals surface area contributed by atoms with Gasteiger partial charge in [0.15, 0.2) is 0 Å². The fourth-order valence-electron chi connectivity index (χ4n) is 0.584. The van der Waals surface area contributed by atoms with E-state index in [1.807, 2.05) is 0 Å². The van der Waals surface area contributed by atoms with E-state index in [1.54, 1.807) is 7.11 Å². The Balaban J connectivity index is 3.62. The molecule has 0 saturated carbocycles. The Bertz CT molecular complexity index is 69.3. The predicted molar refractivity (Wildman–Crippen MR) is 44.1 cm³/mol. The van der Waals surface area contributed by atoms with Gasteiger partial charge in [0.25, 0.3) is 0 Å². The summed E-state index contributed by atoms with van der Waals surface area (Å²) in [6.45, 7) is 5.24. The largest absolute Gasteiger partial charge is 0.384 e. The molecule has 0 radical (unpaired) electrons. The Labute approximate surface area is 65.9 Å². The molecule has 1 atom stereocenters. The molecule has 0 heterocycles. The van der Waals surface area contributed by atoms with Gasteiger partial charge in [-0.3, -0.25) is 0 Å². The molecule has 0 aliphatic heterocycles. The van der Waals surface area contributed by atoms with Crippen LogP contribution in [0.25, 0.3) is 0 Å². The van der Waals surface area contributed by atoms with Gasteiger partial charge in [0.2, 0.25) is 0 Å². The van der Waals surface area contributed by atoms with Crippen LogP contribution in [-0.4, -0.2) is 19.0 Å². The van der Waals surface area contributed by atoms with E-state index in [2.05, 4.69) is 29.8 Å². The molecule has 0 N–H and O–H groups in total. The molecule has 0 bridgehead atoms. The predicted octanol–water partition coefficient (Wildman–Crippen LogP) is 2.44. The van der Waals surface area contributed by atoms with Gasteiger partial charge in [-0.05, 0) is 6.42 Å². The van der Waals surface area contributed by atoms with Crippen LogP contribution in [0.2, 0.25) is 0 Å². The number of methoxy groups -OCH3 is 1. The van der Waals surface area contributed by atoms with Crippen LogP contribution < -0.4 is 0 Å². The molecule has 0 amide bonds. The van der Waals surface area contributed by atoms with Crippen molar-refractivity contribution in [3.63, 3.8) is 0 Å². The summed E-state index contributed by atoms with van der Waals surface area (Å²) in [5.74, 6) is 0. The highest BCUT2D eigenvalue weighted by Gasteiger charge is 2.19. The van der Waals surface area contributed by atoms with Crippen molar-refractivity contribution in [2.75, 3.05) is 19.0 Å². The molecule has 0 aromatic rings. The summed E-state index contributed by atoms with van der Waals surface area (Å²) in [4.78, 5) is 0. The van der Waals surface area contributed by atoms with E-state index in [0.717, 1.165) is 18.4 Å². The Morgan fingerprint density at radius 1 is 1.56 bits per heavy atom. The van der Waals surface area contributed by atoms with Crippen LogP contribution in [0.3, 0.4) is 0 Å². The highest BCUT2D eigenvalue weighted by molar-refractivity contribution is 9.09. The van der Waals surface area contributed by atoms with Crippen molar-refractivity contribution in [2.24, 2.45) is 5.41 Å². The fourth-order valence-corrected chi connectivity index (χ4v) is 1.14. The number of alkyl halides is 1. The molecule has 2 heteroatoms. The second-order valence-corrected chi connectivity index (χ2v) is 3.29. The van der Waals surface area contributed by atoms with Crippen molar-refractivity contribution < 1.29 is 4.74 Å². The minimum Gasteiger partial charge on any atom is -0.384 e. The highest BCUT2D eigenvalue weighted by Crippen LogP contribution is 2.23. The molecule has 1 nitrogen and oxygen atoms in total. The van der Waals surface area contributed by atoms with E-state index in [0.29, 0.717) is 5.41 Å². The first-order valence-electron chi connectivity index (χ1n) is 3.23. The van der Waals surface area contributed by atoms with Crippen LogP contribution in [0, 0.1) is 5.41 Å². The maximum Gasteiger partial charge on any atom is 0.0523 e. The topological polar surface area (TPSA) is 9.23 Å². The van der Waals surface area contributed by atoms with E-state index in [1.165, 1.54) is 0 Å². The van der Waals surface area contributed by atoms with Gasteiger partial charge in [0.1, 0.15) is 0 Å². The van der Waals surface area contributed by atoms with E-state index >= 15 is 0 Å². The SMILES string of the molecule is CC[C@](C)(CBr)COC. The zero-order valence-electron chi connectivity index (χ0n) is 6.41. The second-order valence-electron chi connectivity index (χ2n) is 2.73. The average Bonchev–Trinajstić information content (AvgIpc) is 1.89. The quantitative estimate of drug-likeness (QED) is 0.626. The number of ether oxygens (including phenoxy) is 1. The first kappa shape index (κ1) is 9.44. The molecule has 0 aromatic carbocycles. The number of hydrogen-bond acceptors (Lipinski definition) is 1. The van der Waals surface area contributed by atoms with Gasteiger partial charge >= 0.3 is 0 Å². The maximum atomic E-state index is 5.06. The number of halogens is 1. The zero-order chi connectivity index (χ0) is 7.33. The molecule has 9 heavy (non-hydrogen) atoms. The van der Waals surface area contributed by atoms with E-state index in [9.17, 15) is 0 Å². The van der Waals surface area contributed by atoms with E-state index < -0.39 is 0 Å². The Hall–Kier alpha value is 0.440. The summed E-state index contributed by atoms with van der Waals surface area (Å²) >= 11 is 3.45. The van der Waals surface area contributed by atoms with Crippen LogP contribution in [0.5, 0.6) is 0 Å². The Kier molecular flexibility index (Phi) is 4.50. The third-order valence-corrected chi connectivity index (χ3v) is 3.02. The monoisotopic (exact) mass is 194 g/mol. The van der Waals surface area contributed by atoms with Gasteiger partial charge in [-0.1, -0.05) is 29.8 Å². The van der Waals surface area contributed by atoms with Gasteiger partial charge in [-0.15, -0.1) is 0 Å². The molecular weight excluding hydrogens is 180 g/mol. The smallest absolute Gasteiger partial charge is 0.0523 e. The molecule has 0 saturated heterocycles. The zero-order valence-corrected chi connectivity index (χ0v) is 7.99. The lowest BCUT2D eigenvalue weighted by Gasteiger charge is -2.23. The summed E-state index contributed by atoms with van der Waals surface area (Å²) in [7, 11) is 1.75. The third kappa shape index (κ3) is 3.21. The second kappa shape index (κ2) is 4.29. The fraction of sp³-hybridized carbons (Fsp3) is 1.00. The van der Waals surface area contributed by atoms with Crippen molar-refractivity contribution in [3.05, 3.63) is 0 Å². The Morgan fingerprint density at radius 3 is 2.22 bits per heavy atom. The highest BCUT2D eigenvalue weighted by atomic mass is 79.9. The van der Waals surface area contributed by atoms with Crippen LogP contribution >= 0.6 is 15.9 Å². The number of rotatable bonds is 4. The maximum absolute atomic E-state index is 5.06. The molecule has 0 fully saturated rings. The summed E-state index contributed by atoms with van der Waals surface area (Å²) < 4.78 is 5.06. The van der Waals surface area contributed by atoms with Crippen LogP contribution in [0.1, 0.15) is 20.3 Å². The molecule has 0 rings (SSSR count). The normalized spacial score (nSPS) is 17.3. The van der Waals surface area contributed by atoms with Crippen molar-refractivity contribution in [2.45, 2.75) is 20.3 Å². The first-order chi connectivity index (χ1) is 4.18. The molecule has 0 aliphatic carbocycles. The molecular formula is C7H15BrO. The molecule has 0 aromatic heterocycles. The minimum absolute atomic E-state index is 0.328. The van der Waals surface area contributed by atoms with Crippen LogP contribution in [0.4, 0.5) is 0 Å². The van der Waals surface area contributed by atoms with Gasteiger partial charge < -0.3 is 4.74 Å². The van der Waals surface area contributed by atoms with Gasteiger partial charge in [-0.25, -0.2) is 0 Å². The van der Waals surface area contributed by atoms with Crippen molar-refractivity contribution in [1.29, 1.82) is 0 Å². The lowest BCUT2D eigenvalue weighted by molar-refractivity contribution is 0.106. The summed E-state index contributed by atoms with van der Waals surface area (Å²) in [6, 6.07) is 0. The summed E-state index contributed by atoms with van der Waals surface area (Å²) in [5, 5.41) is 1.02. The summed E-state index contributed by atoms with van der Waals surface area (Å²) in [5.41, 5.74) is 0.328. The van der Waals surface area contributed by atoms with E-state index in [-0.39, 0.29) is 0 Å². The van der Waals surface area contributed by atoms with Crippen LogP contribution in [-0.2, 0) is 4.74 Å². The molecule has 0 spiro atoms. The van der Waals surface area contributed by atoms with Crippen LogP contribution in [0.15, 0.2) is 0 Å². The average molecular weight is 195 g/mol. The third-order valence-electron chi connectivity index (χ3n) is 1.67. The number of hydrogen-bond donors (Lipinski definition) is 0. The van der Waals surface area contributed by atoms with Crippen molar-refractivity contribution >= 4 is 15.9 Å². The molecule has 0 unspecified atom stereocenters. The first-order valence-corrected chi connectivity index (χ1v) is 4.35. The lowest BCUT2D eigenvalue weighted by Crippen LogP contribution is -2.23. The van der Waals surface area contributed by atoms with Gasteiger partial charge in [0.05, 0.1) is 6.61 Å². The molecule has 0 aliphatic rings. The summed E-state index contributed by atoms with van der Waals surface area (Å²) in [6.07, 6.45) is 1.16. The minimum atomic E-state index is 0.328. The van der Waals surface area contributed by atoms with E-state index in [4.69, 9.17) is 4.74 Å². The van der Waals surface area contributed by atoms with Gasteiger partial charge in [0, 0.05) is 17.9 Å². The van der Waals surface area contributed by atoms with Crippen molar-refractivity contribution in [1.82, 2.24) is 0 Å². The lowest BCUT2D eigenvalue weighted by atomic mass is 9.92. The van der Waals surface area contributed by atoms with Crippen molar-refractivity contribution in [3.8, 4) is 0 Å². The Morgan fingerprint density at radius 2 is 2.11 bits per heavy atom.